The van der Waals surface area contributed by atoms with Crippen molar-refractivity contribution in [1.82, 2.24) is 10.3 Å². The minimum atomic E-state index is -0.889. The molecular formula is C32H43BrN3O6+. The second kappa shape index (κ2) is 13.5. The molecule has 1 N–H and O–H groups in total. The van der Waals surface area contributed by atoms with Crippen LogP contribution in [0.3, 0.4) is 0 Å². The summed E-state index contributed by atoms with van der Waals surface area (Å²) in [6.45, 7) is 11.7. The molecular weight excluding hydrogens is 602 g/mol. The van der Waals surface area contributed by atoms with Crippen molar-refractivity contribution >= 4 is 44.8 Å². The first-order chi connectivity index (χ1) is 20.0. The number of likely N-dealkylation sites (tertiary alicyclic amines) is 1. The SMILES string of the molecule is C=CCC(C)(C)COC(=O)N[C@H](C(=O)[N+]1(C(=O)OCC)C[C@H](Oc2nccc3ccc(Br)cc23)CC1C)C1CCCC1. The zero-order valence-corrected chi connectivity index (χ0v) is 26.7. The summed E-state index contributed by atoms with van der Waals surface area (Å²) in [6, 6.07) is 6.45. The Bertz CT molecular complexity index is 1310. The number of nitrogens with one attached hydrogen (secondary N) is 1. The Balaban J connectivity index is 1.61. The molecule has 4 rings (SSSR count). The van der Waals surface area contributed by atoms with Crippen LogP contribution in [0.5, 0.6) is 5.88 Å². The van der Waals surface area contributed by atoms with E-state index in [2.05, 4.69) is 32.8 Å². The highest BCUT2D eigenvalue weighted by Gasteiger charge is 2.61. The van der Waals surface area contributed by atoms with Crippen molar-refractivity contribution in [3.05, 3.63) is 47.6 Å². The molecule has 1 saturated heterocycles. The van der Waals surface area contributed by atoms with Crippen LogP contribution in [0.2, 0.25) is 0 Å². The summed E-state index contributed by atoms with van der Waals surface area (Å²) in [5, 5.41) is 4.67. The maximum atomic E-state index is 14.6. The van der Waals surface area contributed by atoms with E-state index in [-0.39, 0.29) is 37.0 Å². The molecule has 2 fully saturated rings. The van der Waals surface area contributed by atoms with Crippen LogP contribution in [0.4, 0.5) is 9.59 Å². The van der Waals surface area contributed by atoms with Gasteiger partial charge in [-0.15, -0.1) is 6.58 Å². The van der Waals surface area contributed by atoms with Crippen LogP contribution in [0, 0.1) is 11.3 Å². The first kappa shape index (κ1) is 31.9. The third-order valence-electron chi connectivity index (χ3n) is 8.51. The largest absolute Gasteiger partial charge is 0.524 e. The van der Waals surface area contributed by atoms with Gasteiger partial charge in [0.1, 0.15) is 12.6 Å². The minimum absolute atomic E-state index is 0.0806. The average molecular weight is 646 g/mol. The van der Waals surface area contributed by atoms with Gasteiger partial charge in [0.2, 0.25) is 5.88 Å². The Kier molecular flexibility index (Phi) is 10.3. The smallest absolute Gasteiger partial charge is 0.468 e. The lowest BCUT2D eigenvalue weighted by atomic mass is 9.91. The second-order valence-electron chi connectivity index (χ2n) is 12.3. The number of nitrogens with zero attached hydrogens (tertiary/aromatic N) is 2. The highest BCUT2D eigenvalue weighted by atomic mass is 79.9. The predicted octanol–water partition coefficient (Wildman–Crippen LogP) is 6.92. The molecule has 2 unspecified atom stereocenters. The average Bonchev–Trinajstić information content (AvgIpc) is 3.59. The number of hydrogen-bond donors (Lipinski definition) is 1. The number of rotatable bonds is 10. The molecule has 0 radical (unpaired) electrons. The van der Waals surface area contributed by atoms with Crippen LogP contribution in [0.1, 0.15) is 66.2 Å². The molecule has 0 spiro atoms. The number of benzene rings is 1. The number of fused-ring (bicyclic) bond motifs is 1. The Morgan fingerprint density at radius 3 is 2.64 bits per heavy atom. The lowest BCUT2D eigenvalue weighted by molar-refractivity contribution is -0.795. The van der Waals surface area contributed by atoms with Crippen molar-refractivity contribution < 1.29 is 33.1 Å². The highest BCUT2D eigenvalue weighted by molar-refractivity contribution is 9.10. The van der Waals surface area contributed by atoms with E-state index in [1.165, 1.54) is 0 Å². The minimum Gasteiger partial charge on any atom is -0.468 e. The molecule has 1 saturated carbocycles. The lowest BCUT2D eigenvalue weighted by Crippen LogP contribution is -2.66. The zero-order valence-electron chi connectivity index (χ0n) is 25.1. The summed E-state index contributed by atoms with van der Waals surface area (Å²) >= 11 is 3.52. The van der Waals surface area contributed by atoms with Crippen molar-refractivity contribution in [2.45, 2.75) is 84.4 Å². The molecule has 1 aliphatic heterocycles. The third kappa shape index (κ3) is 6.97. The number of alkyl carbamates (subject to hydrolysis) is 1. The van der Waals surface area contributed by atoms with Gasteiger partial charge in [-0.2, -0.15) is 9.28 Å². The number of pyridine rings is 1. The number of aromatic nitrogens is 1. The number of ether oxygens (including phenoxy) is 3. The Labute approximate surface area is 256 Å². The zero-order chi connectivity index (χ0) is 30.5. The highest BCUT2D eigenvalue weighted by Crippen LogP contribution is 2.37. The van der Waals surface area contributed by atoms with Gasteiger partial charge in [-0.25, -0.2) is 14.6 Å². The Hall–Kier alpha value is -2.98. The summed E-state index contributed by atoms with van der Waals surface area (Å²) in [6.07, 6.45) is 6.31. The monoisotopic (exact) mass is 644 g/mol. The molecule has 3 amide bonds. The van der Waals surface area contributed by atoms with Gasteiger partial charge in [-0.05, 0) is 62.6 Å². The maximum absolute atomic E-state index is 14.6. The summed E-state index contributed by atoms with van der Waals surface area (Å²) in [5.74, 6) is -0.0340. The van der Waals surface area contributed by atoms with Crippen LogP contribution in [0.25, 0.3) is 10.8 Å². The fourth-order valence-corrected chi connectivity index (χ4v) is 6.64. The van der Waals surface area contributed by atoms with E-state index in [4.69, 9.17) is 14.2 Å². The fourth-order valence-electron chi connectivity index (χ4n) is 6.28. The number of quaternary nitrogens is 1. The van der Waals surface area contributed by atoms with E-state index in [1.54, 1.807) is 19.2 Å². The van der Waals surface area contributed by atoms with Crippen molar-refractivity contribution in [3.63, 3.8) is 0 Å². The van der Waals surface area contributed by atoms with Crippen LogP contribution < -0.4 is 10.1 Å². The Morgan fingerprint density at radius 2 is 1.95 bits per heavy atom. The van der Waals surface area contributed by atoms with Crippen LogP contribution in [0.15, 0.2) is 47.6 Å². The molecule has 2 aromatic rings. The number of hydrogen-bond acceptors (Lipinski definition) is 7. The van der Waals surface area contributed by atoms with Gasteiger partial charge in [0.25, 0.3) is 0 Å². The standard InChI is InChI=1S/C32H42BrN3O6/c1-6-15-32(4,5)20-41-30(38)35-27(23-10-8-9-11-23)29(37)36(31(39)40-7-2)19-25(17-21(36)3)42-28-26-18-24(33)13-12-22(26)14-16-34-28/h6,12-14,16,18,21,23,25,27H,1,7-11,15,17,19-20H2,2-5H3/p+1/t21?,25-,27+,36?/m1/s1. The summed E-state index contributed by atoms with van der Waals surface area (Å²) in [4.78, 5) is 45.8. The van der Waals surface area contributed by atoms with Crippen LogP contribution in [-0.2, 0) is 14.3 Å². The van der Waals surface area contributed by atoms with Crippen molar-refractivity contribution in [3.8, 4) is 5.88 Å². The van der Waals surface area contributed by atoms with Gasteiger partial charge >= 0.3 is 18.1 Å². The fraction of sp³-hybridized carbons (Fsp3) is 0.562. The van der Waals surface area contributed by atoms with Gasteiger partial charge in [0, 0.05) is 27.9 Å². The number of allylic oxidation sites excluding steroid dienone is 1. The third-order valence-corrected chi connectivity index (χ3v) is 9.00. The van der Waals surface area contributed by atoms with Gasteiger partial charge in [-0.3, -0.25) is 0 Å². The first-order valence-corrected chi connectivity index (χ1v) is 15.6. The summed E-state index contributed by atoms with van der Waals surface area (Å²) in [7, 11) is 0. The maximum Gasteiger partial charge on any atom is 0.524 e. The topological polar surface area (TPSA) is 104 Å². The van der Waals surface area contributed by atoms with Gasteiger partial charge in [0.05, 0.1) is 13.2 Å². The van der Waals surface area contributed by atoms with E-state index in [1.807, 2.05) is 45.0 Å². The molecule has 42 heavy (non-hydrogen) atoms. The lowest BCUT2D eigenvalue weighted by Gasteiger charge is -2.35. The molecule has 0 bridgehead atoms. The second-order valence-corrected chi connectivity index (χ2v) is 13.2. The molecule has 9 nitrogen and oxygen atoms in total. The number of halogens is 1. The Morgan fingerprint density at radius 1 is 1.21 bits per heavy atom. The molecule has 1 aromatic heterocycles. The van der Waals surface area contributed by atoms with Gasteiger partial charge < -0.3 is 19.5 Å². The van der Waals surface area contributed by atoms with Gasteiger partial charge in [0.15, 0.2) is 12.1 Å². The number of carbonyl (C=O) groups is 3. The van der Waals surface area contributed by atoms with E-state index in [0.717, 1.165) is 40.9 Å². The van der Waals surface area contributed by atoms with E-state index < -0.39 is 34.9 Å². The molecule has 228 valence electrons. The van der Waals surface area contributed by atoms with Crippen molar-refractivity contribution in [2.24, 2.45) is 11.3 Å². The van der Waals surface area contributed by atoms with Crippen molar-refractivity contribution in [2.75, 3.05) is 19.8 Å². The predicted molar refractivity (Wildman–Crippen MR) is 164 cm³/mol. The summed E-state index contributed by atoms with van der Waals surface area (Å²) < 4.78 is 17.8. The molecule has 1 aliphatic carbocycles. The summed E-state index contributed by atoms with van der Waals surface area (Å²) in [5.41, 5.74) is -0.288. The van der Waals surface area contributed by atoms with Crippen LogP contribution >= 0.6 is 15.9 Å². The quantitative estimate of drug-likeness (QED) is 0.221. The molecule has 10 heteroatoms. The van der Waals surface area contributed by atoms with E-state index in [9.17, 15) is 14.4 Å². The van der Waals surface area contributed by atoms with Crippen LogP contribution in [-0.4, -0.2) is 65.5 Å². The number of carbonyl (C=O) groups excluding carboxylic acids is 3. The molecule has 1 aromatic carbocycles. The first-order valence-electron chi connectivity index (χ1n) is 14.9. The molecule has 4 atom stereocenters. The van der Waals surface area contributed by atoms with Crippen molar-refractivity contribution in [1.29, 1.82) is 0 Å². The molecule has 2 aliphatic rings. The molecule has 2 heterocycles. The number of amides is 3. The number of imide groups is 1. The van der Waals surface area contributed by atoms with E-state index in [0.29, 0.717) is 18.7 Å². The van der Waals surface area contributed by atoms with Gasteiger partial charge in [-0.1, -0.05) is 54.8 Å². The van der Waals surface area contributed by atoms with E-state index >= 15 is 0 Å². The normalized spacial score (nSPS) is 23.4.